The predicted molar refractivity (Wildman–Crippen MR) is 262 cm³/mol. The SMILES string of the molecule is C=C(C)C(=O)Oc1c(C)cc(C(CCCC(c2cc(C)c(OC(=O)C(=C)C)c(C)c2C)c2cc(C)c(OC(=O)C(=C)C)c(C)c2C)c2cc(C)c(OC(=O)C(=C)C)c(C)c2C)c(C)c1C. The van der Waals surface area contributed by atoms with Crippen LogP contribution in [-0.4, -0.2) is 23.9 Å². The molecule has 65 heavy (non-hydrogen) atoms. The molecule has 0 saturated heterocycles. The van der Waals surface area contributed by atoms with Gasteiger partial charge in [-0.25, -0.2) is 19.2 Å². The molecule has 0 saturated carbocycles. The van der Waals surface area contributed by atoms with Gasteiger partial charge in [0.1, 0.15) is 23.0 Å². The second-order valence-electron chi connectivity index (χ2n) is 18.2. The van der Waals surface area contributed by atoms with Crippen molar-refractivity contribution in [1.82, 2.24) is 0 Å². The Balaban J connectivity index is 1.97. The molecule has 0 fully saturated rings. The first-order valence-electron chi connectivity index (χ1n) is 22.1. The molecule has 8 nitrogen and oxygen atoms in total. The third kappa shape index (κ3) is 11.0. The van der Waals surface area contributed by atoms with Crippen molar-refractivity contribution in [2.45, 2.75) is 142 Å². The summed E-state index contributed by atoms with van der Waals surface area (Å²) in [6.45, 7) is 45.8. The molecular weight excluding hydrogens is 813 g/mol. The largest absolute Gasteiger partial charge is 0.423 e. The molecule has 0 heterocycles. The zero-order chi connectivity index (χ0) is 49.1. The van der Waals surface area contributed by atoms with E-state index in [1.54, 1.807) is 27.7 Å². The van der Waals surface area contributed by atoms with E-state index in [1.165, 1.54) is 0 Å². The zero-order valence-electron chi connectivity index (χ0n) is 41.7. The maximum absolute atomic E-state index is 12.8. The van der Waals surface area contributed by atoms with Crippen LogP contribution in [0.2, 0.25) is 0 Å². The number of hydrogen-bond acceptors (Lipinski definition) is 8. The number of rotatable bonds is 16. The molecule has 4 rings (SSSR count). The van der Waals surface area contributed by atoms with Crippen molar-refractivity contribution < 1.29 is 38.1 Å². The Hall–Kier alpha value is -6.28. The highest BCUT2D eigenvalue weighted by atomic mass is 16.5. The molecule has 0 spiro atoms. The van der Waals surface area contributed by atoms with E-state index in [9.17, 15) is 19.2 Å². The monoisotopic (exact) mass is 880 g/mol. The Morgan fingerprint density at radius 1 is 0.369 bits per heavy atom. The second kappa shape index (κ2) is 20.7. The molecule has 0 atom stereocenters. The third-order valence-corrected chi connectivity index (χ3v) is 12.9. The Labute approximate surface area is 387 Å². The van der Waals surface area contributed by atoms with Crippen LogP contribution in [0.25, 0.3) is 0 Å². The van der Waals surface area contributed by atoms with Gasteiger partial charge in [-0.2, -0.15) is 0 Å². The van der Waals surface area contributed by atoms with Crippen LogP contribution in [0, 0.1) is 83.1 Å². The van der Waals surface area contributed by atoms with E-state index in [0.29, 0.717) is 45.3 Å². The fourth-order valence-electron chi connectivity index (χ4n) is 8.64. The standard InChI is InChI=1S/C57H68O8/c1-28(2)54(58)62-50-32(9)24-46(36(13)40(50)17)44(47-25-33(10)51(41(18)37(47)14)63-55(59)29(3)4)22-21-23-45(48-26-34(11)52(42(19)38(48)15)64-56(60)30(5)6)49-27-35(12)53(43(20)39(49)16)65-57(61)31(7)8/h24-27,44-45H,1,3,5,7,21-23H2,2,4,6,8-20H3. The highest BCUT2D eigenvalue weighted by Gasteiger charge is 2.29. The van der Waals surface area contributed by atoms with Crippen molar-refractivity contribution in [3.8, 4) is 23.0 Å². The minimum Gasteiger partial charge on any atom is -0.423 e. The van der Waals surface area contributed by atoms with Gasteiger partial charge in [0.25, 0.3) is 0 Å². The Bertz CT molecular complexity index is 2320. The molecule has 4 aromatic rings. The average molecular weight is 881 g/mol. The van der Waals surface area contributed by atoms with Crippen molar-refractivity contribution in [1.29, 1.82) is 0 Å². The minimum atomic E-state index is -0.474. The van der Waals surface area contributed by atoms with Crippen molar-refractivity contribution in [2.24, 2.45) is 0 Å². The van der Waals surface area contributed by atoms with E-state index in [0.717, 1.165) is 108 Å². The number of ether oxygens (including phenoxy) is 4. The highest BCUT2D eigenvalue weighted by molar-refractivity contribution is 5.91. The smallest absolute Gasteiger partial charge is 0.338 e. The molecule has 0 aliphatic rings. The van der Waals surface area contributed by atoms with Gasteiger partial charge >= 0.3 is 23.9 Å². The van der Waals surface area contributed by atoms with Crippen LogP contribution in [-0.2, 0) is 19.2 Å². The maximum Gasteiger partial charge on any atom is 0.338 e. The molecule has 0 radical (unpaired) electrons. The van der Waals surface area contributed by atoms with E-state index in [4.69, 9.17) is 18.9 Å². The summed E-state index contributed by atoms with van der Waals surface area (Å²) in [5, 5.41) is 0. The number of carbonyl (C=O) groups is 4. The molecule has 4 aromatic carbocycles. The Morgan fingerprint density at radius 3 is 0.723 bits per heavy atom. The number of hydrogen-bond donors (Lipinski definition) is 0. The highest BCUT2D eigenvalue weighted by Crippen LogP contribution is 2.46. The number of carbonyl (C=O) groups excluding carboxylic acids is 4. The van der Waals surface area contributed by atoms with Crippen molar-refractivity contribution in [3.63, 3.8) is 0 Å². The van der Waals surface area contributed by atoms with Gasteiger partial charge in [-0.05, 0) is 213 Å². The van der Waals surface area contributed by atoms with Gasteiger partial charge in [-0.1, -0.05) is 57.0 Å². The van der Waals surface area contributed by atoms with Crippen LogP contribution in [0.3, 0.4) is 0 Å². The van der Waals surface area contributed by atoms with Gasteiger partial charge in [0.15, 0.2) is 0 Å². The topological polar surface area (TPSA) is 105 Å². The van der Waals surface area contributed by atoms with Gasteiger partial charge in [-0.3, -0.25) is 0 Å². The van der Waals surface area contributed by atoms with Crippen LogP contribution in [0.1, 0.15) is 148 Å². The van der Waals surface area contributed by atoms with Gasteiger partial charge in [0, 0.05) is 34.1 Å². The molecule has 8 heteroatoms. The summed E-state index contributed by atoms with van der Waals surface area (Å²) in [5.74, 6) is 0.00740. The van der Waals surface area contributed by atoms with Crippen LogP contribution in [0.5, 0.6) is 23.0 Å². The fraction of sp³-hybridized carbons (Fsp3) is 0.368. The van der Waals surface area contributed by atoms with Crippen molar-refractivity contribution in [3.05, 3.63) is 162 Å². The molecule has 0 bridgehead atoms. The maximum atomic E-state index is 12.8. The van der Waals surface area contributed by atoms with Crippen LogP contribution < -0.4 is 18.9 Å². The quantitative estimate of drug-likeness (QED) is 0.0622. The zero-order valence-corrected chi connectivity index (χ0v) is 41.7. The first-order chi connectivity index (χ1) is 30.2. The van der Waals surface area contributed by atoms with E-state index in [-0.39, 0.29) is 11.8 Å². The number of benzene rings is 4. The molecule has 0 aliphatic heterocycles. The van der Waals surface area contributed by atoms with E-state index in [1.807, 2.05) is 55.4 Å². The summed E-state index contributed by atoms with van der Waals surface area (Å²) in [6.07, 6.45) is 2.25. The summed E-state index contributed by atoms with van der Waals surface area (Å²) in [5.41, 5.74) is 16.6. The van der Waals surface area contributed by atoms with Crippen LogP contribution >= 0.6 is 0 Å². The Kier molecular flexibility index (Phi) is 16.4. The number of esters is 4. The van der Waals surface area contributed by atoms with Gasteiger partial charge < -0.3 is 18.9 Å². The lowest BCUT2D eigenvalue weighted by atomic mass is 9.76. The van der Waals surface area contributed by atoms with Crippen molar-refractivity contribution >= 4 is 23.9 Å². The second-order valence-corrected chi connectivity index (χ2v) is 18.2. The van der Waals surface area contributed by atoms with E-state index in [2.05, 4.69) is 78.3 Å². The fourth-order valence-corrected chi connectivity index (χ4v) is 8.64. The average Bonchev–Trinajstić information content (AvgIpc) is 3.23. The first kappa shape index (κ1) is 51.4. The van der Waals surface area contributed by atoms with E-state index >= 15 is 0 Å². The van der Waals surface area contributed by atoms with Crippen LogP contribution in [0.15, 0.2) is 72.9 Å². The molecule has 344 valence electrons. The summed E-state index contributed by atoms with van der Waals surface area (Å²) in [4.78, 5) is 51.1. The molecule has 0 amide bonds. The third-order valence-electron chi connectivity index (χ3n) is 12.9. The minimum absolute atomic E-state index is 0.107. The summed E-state index contributed by atoms with van der Waals surface area (Å²) in [6, 6.07) is 8.53. The first-order valence-corrected chi connectivity index (χ1v) is 22.1. The lowest BCUT2D eigenvalue weighted by Crippen LogP contribution is -2.16. The predicted octanol–water partition coefficient (Wildman–Crippen LogP) is 13.4. The summed E-state index contributed by atoms with van der Waals surface area (Å²) >= 11 is 0. The molecule has 0 aliphatic carbocycles. The van der Waals surface area contributed by atoms with Gasteiger partial charge in [0.05, 0.1) is 0 Å². The van der Waals surface area contributed by atoms with Gasteiger partial charge in [-0.15, -0.1) is 0 Å². The van der Waals surface area contributed by atoms with Crippen LogP contribution in [0.4, 0.5) is 0 Å². The number of aryl methyl sites for hydroxylation is 4. The van der Waals surface area contributed by atoms with Crippen molar-refractivity contribution in [2.75, 3.05) is 0 Å². The summed E-state index contributed by atoms with van der Waals surface area (Å²) < 4.78 is 23.6. The molecule has 0 aromatic heterocycles. The van der Waals surface area contributed by atoms with E-state index < -0.39 is 23.9 Å². The normalized spacial score (nSPS) is 11.1. The lowest BCUT2D eigenvalue weighted by molar-refractivity contribution is -0.131. The lowest BCUT2D eigenvalue weighted by Gasteiger charge is -2.29. The molecule has 0 unspecified atom stereocenters. The molecule has 0 N–H and O–H groups in total. The summed E-state index contributed by atoms with van der Waals surface area (Å²) in [7, 11) is 0. The Morgan fingerprint density at radius 2 is 0.554 bits per heavy atom. The molecular formula is C57H68O8. The van der Waals surface area contributed by atoms with Gasteiger partial charge in [0.2, 0.25) is 0 Å².